The molecule has 590 valence electrons. The molecule has 0 aliphatic carbocycles. The van der Waals surface area contributed by atoms with E-state index in [-0.39, 0.29) is 25.6 Å². The topological polar surface area (TPSA) is 108 Å². The van der Waals surface area contributed by atoms with Gasteiger partial charge in [0, 0.05) is 12.8 Å². The summed E-state index contributed by atoms with van der Waals surface area (Å²) in [6.07, 6.45) is 109. The monoisotopic (exact) mass is 1430 g/mol. The Hall–Kier alpha value is -2.03. The van der Waals surface area contributed by atoms with Crippen molar-refractivity contribution >= 4 is 19.8 Å². The summed E-state index contributed by atoms with van der Waals surface area (Å²) in [4.78, 5) is 36.1. The smallest absolute Gasteiger partial charge is 0.462 e. The molecule has 0 aromatic carbocycles. The molecular formula is C90H173NO8P+. The molecule has 0 saturated heterocycles. The van der Waals surface area contributed by atoms with Gasteiger partial charge in [-0.1, -0.05) is 422 Å². The molecule has 0 rings (SSSR count). The van der Waals surface area contributed by atoms with Gasteiger partial charge in [-0.15, -0.1) is 0 Å². The molecule has 0 spiro atoms. The Morgan fingerprint density at radius 3 is 0.790 bits per heavy atom. The van der Waals surface area contributed by atoms with Crippen molar-refractivity contribution in [1.82, 2.24) is 0 Å². The van der Waals surface area contributed by atoms with E-state index in [1.54, 1.807) is 0 Å². The van der Waals surface area contributed by atoms with Gasteiger partial charge in [0.15, 0.2) is 6.10 Å². The highest BCUT2D eigenvalue weighted by atomic mass is 31.2. The van der Waals surface area contributed by atoms with Gasteiger partial charge in [-0.2, -0.15) is 0 Å². The number of nitrogens with zero attached hydrogens (tertiary/aromatic N) is 1. The first-order valence-corrected chi connectivity index (χ1v) is 45.9. The Labute approximate surface area is 624 Å². The SMILES string of the molecule is CCCCCCC/C=C\C/C=C\CCCCCCCCCCCCCCCCCCCCCCCCCCCCCCCC(=O)OC(COC(=O)CCCCCCCCCCCCCCCCCCCCCCCCC/C=C\C/C=C\CCCCCCC)COP(=O)(O)OCC[N+](C)(C)C. The number of allylic oxidation sites excluding steroid dienone is 8. The highest BCUT2D eigenvalue weighted by Gasteiger charge is 2.27. The Morgan fingerprint density at radius 2 is 0.540 bits per heavy atom. The van der Waals surface area contributed by atoms with Crippen molar-refractivity contribution in [2.75, 3.05) is 47.5 Å². The van der Waals surface area contributed by atoms with E-state index in [0.29, 0.717) is 17.4 Å². The van der Waals surface area contributed by atoms with Crippen LogP contribution in [0, 0.1) is 0 Å². The van der Waals surface area contributed by atoms with Crippen molar-refractivity contribution in [3.63, 3.8) is 0 Å². The zero-order valence-corrected chi connectivity index (χ0v) is 68.6. The van der Waals surface area contributed by atoms with E-state index in [0.717, 1.165) is 51.4 Å². The largest absolute Gasteiger partial charge is 0.472 e. The molecular weight excluding hydrogens is 1250 g/mol. The van der Waals surface area contributed by atoms with Crippen molar-refractivity contribution in [3.8, 4) is 0 Å². The van der Waals surface area contributed by atoms with E-state index < -0.39 is 26.5 Å². The van der Waals surface area contributed by atoms with Crippen LogP contribution in [-0.2, 0) is 32.7 Å². The summed E-state index contributed by atoms with van der Waals surface area (Å²) in [5, 5.41) is 0. The fraction of sp³-hybridized carbons (Fsp3) is 0.889. The predicted molar refractivity (Wildman–Crippen MR) is 437 cm³/mol. The molecule has 2 atom stereocenters. The molecule has 10 heteroatoms. The first-order chi connectivity index (χ1) is 49.0. The average molecular weight is 1430 g/mol. The molecule has 0 aliphatic heterocycles. The summed E-state index contributed by atoms with van der Waals surface area (Å²) in [5.41, 5.74) is 0. The number of rotatable bonds is 84. The average Bonchev–Trinajstić information content (AvgIpc) is 1.30. The summed E-state index contributed by atoms with van der Waals surface area (Å²) in [5.74, 6) is -0.769. The minimum absolute atomic E-state index is 0.0354. The van der Waals surface area contributed by atoms with Crippen LogP contribution in [0.4, 0.5) is 0 Å². The summed E-state index contributed by atoms with van der Waals surface area (Å²) in [6.45, 7) is 4.50. The number of likely N-dealkylation sites (N-methyl/N-ethyl adjacent to an activating group) is 1. The van der Waals surface area contributed by atoms with E-state index >= 15 is 0 Å². The van der Waals surface area contributed by atoms with Gasteiger partial charge >= 0.3 is 19.8 Å². The van der Waals surface area contributed by atoms with Crippen LogP contribution in [0.3, 0.4) is 0 Å². The second kappa shape index (κ2) is 81.1. The summed E-state index contributed by atoms with van der Waals surface area (Å²) in [7, 11) is 1.51. The van der Waals surface area contributed by atoms with E-state index in [1.165, 1.54) is 385 Å². The maximum atomic E-state index is 12.9. The Kier molecular flexibility index (Phi) is 79.4. The van der Waals surface area contributed by atoms with Crippen molar-refractivity contribution in [2.24, 2.45) is 0 Å². The molecule has 0 saturated carbocycles. The van der Waals surface area contributed by atoms with Crippen LogP contribution in [-0.4, -0.2) is 74.9 Å². The van der Waals surface area contributed by atoms with Gasteiger partial charge in [0.1, 0.15) is 19.8 Å². The van der Waals surface area contributed by atoms with Crippen LogP contribution in [0.25, 0.3) is 0 Å². The lowest BCUT2D eigenvalue weighted by Crippen LogP contribution is -2.37. The second-order valence-corrected chi connectivity index (χ2v) is 33.1. The number of ether oxygens (including phenoxy) is 2. The second-order valence-electron chi connectivity index (χ2n) is 31.6. The predicted octanol–water partition coefficient (Wildman–Crippen LogP) is 29.9. The number of carbonyl (C=O) groups is 2. The molecule has 100 heavy (non-hydrogen) atoms. The van der Waals surface area contributed by atoms with E-state index in [9.17, 15) is 19.0 Å². The van der Waals surface area contributed by atoms with Crippen LogP contribution in [0.2, 0.25) is 0 Å². The quantitative estimate of drug-likeness (QED) is 0.0211. The molecule has 0 aromatic rings. The summed E-state index contributed by atoms with van der Waals surface area (Å²) in [6, 6.07) is 0. The third kappa shape index (κ3) is 84.9. The molecule has 1 N–H and O–H groups in total. The molecule has 0 radical (unpaired) electrons. The summed E-state index contributed by atoms with van der Waals surface area (Å²) < 4.78 is 34.9. The lowest BCUT2D eigenvalue weighted by atomic mass is 10.0. The number of esters is 2. The van der Waals surface area contributed by atoms with Crippen LogP contribution in [0.15, 0.2) is 48.6 Å². The standard InChI is InChI=1S/C90H172NO8P/c1-6-8-10-12-14-16-18-20-22-24-26-28-30-32-34-36-38-40-42-43-44-45-46-47-49-51-53-55-57-59-61-63-65-67-69-71-73-75-77-79-81-83-90(93)99-88(87-98-100(94,95)97-85-84-91(3,4)5)86-96-89(92)82-80-78-76-74-72-70-68-66-64-62-60-58-56-54-52-50-48-41-39-37-35-33-31-29-27-25-23-21-19-17-15-13-11-9-7-2/h18-21,24-27,88H,6-17,22-23,28-87H2,1-5H3/p+1/b20-18-,21-19-,26-24-,27-25-. The highest BCUT2D eigenvalue weighted by molar-refractivity contribution is 7.47. The molecule has 2 unspecified atom stereocenters. The van der Waals surface area contributed by atoms with Gasteiger partial charge in [-0.25, -0.2) is 4.57 Å². The first kappa shape index (κ1) is 98.0. The lowest BCUT2D eigenvalue weighted by Gasteiger charge is -2.24. The van der Waals surface area contributed by atoms with Crippen molar-refractivity contribution in [1.29, 1.82) is 0 Å². The normalized spacial score (nSPS) is 13.1. The molecule has 0 aromatic heterocycles. The molecule has 0 bridgehead atoms. The maximum Gasteiger partial charge on any atom is 0.472 e. The zero-order valence-electron chi connectivity index (χ0n) is 67.7. The molecule has 0 heterocycles. The van der Waals surface area contributed by atoms with Crippen LogP contribution >= 0.6 is 7.82 Å². The fourth-order valence-corrected chi connectivity index (χ4v) is 14.3. The highest BCUT2D eigenvalue weighted by Crippen LogP contribution is 2.43. The van der Waals surface area contributed by atoms with Crippen LogP contribution in [0.1, 0.15) is 463 Å². The van der Waals surface area contributed by atoms with E-state index in [4.69, 9.17) is 18.5 Å². The molecule has 0 amide bonds. The number of phosphoric acid groups is 1. The minimum Gasteiger partial charge on any atom is -0.462 e. The van der Waals surface area contributed by atoms with Crippen molar-refractivity contribution in [3.05, 3.63) is 48.6 Å². The first-order valence-electron chi connectivity index (χ1n) is 44.4. The number of unbranched alkanes of at least 4 members (excludes halogenated alkanes) is 62. The number of carbonyl (C=O) groups excluding carboxylic acids is 2. The zero-order chi connectivity index (χ0) is 72.5. The Morgan fingerprint density at radius 1 is 0.310 bits per heavy atom. The Balaban J connectivity index is 3.84. The van der Waals surface area contributed by atoms with Gasteiger partial charge in [0.25, 0.3) is 0 Å². The van der Waals surface area contributed by atoms with Gasteiger partial charge in [0.05, 0.1) is 27.7 Å². The van der Waals surface area contributed by atoms with E-state index in [1.807, 2.05) is 21.1 Å². The third-order valence-corrected chi connectivity index (χ3v) is 21.3. The number of hydrogen-bond acceptors (Lipinski definition) is 7. The van der Waals surface area contributed by atoms with Crippen molar-refractivity contribution < 1.29 is 42.1 Å². The number of hydrogen-bond donors (Lipinski definition) is 1. The third-order valence-electron chi connectivity index (χ3n) is 20.3. The minimum atomic E-state index is -4.39. The molecule has 9 nitrogen and oxygen atoms in total. The number of phosphoric ester groups is 1. The van der Waals surface area contributed by atoms with Gasteiger partial charge < -0.3 is 18.9 Å². The van der Waals surface area contributed by atoms with E-state index in [2.05, 4.69) is 62.5 Å². The maximum absolute atomic E-state index is 12.9. The van der Waals surface area contributed by atoms with Gasteiger partial charge in [0.2, 0.25) is 0 Å². The van der Waals surface area contributed by atoms with Crippen LogP contribution < -0.4 is 0 Å². The lowest BCUT2D eigenvalue weighted by molar-refractivity contribution is -0.870. The summed E-state index contributed by atoms with van der Waals surface area (Å²) >= 11 is 0. The van der Waals surface area contributed by atoms with Gasteiger partial charge in [-0.05, 0) is 77.0 Å². The molecule has 0 aliphatic rings. The molecule has 0 fully saturated rings. The Bertz CT molecular complexity index is 1830. The van der Waals surface area contributed by atoms with Crippen LogP contribution in [0.5, 0.6) is 0 Å². The van der Waals surface area contributed by atoms with Gasteiger partial charge in [-0.3, -0.25) is 18.6 Å². The number of quaternary nitrogens is 1. The van der Waals surface area contributed by atoms with Crippen molar-refractivity contribution in [2.45, 2.75) is 469 Å². The fourth-order valence-electron chi connectivity index (χ4n) is 13.6.